The van der Waals surface area contributed by atoms with E-state index in [1.807, 2.05) is 35.9 Å². The number of para-hydroxylation sites is 1. The fourth-order valence-electron chi connectivity index (χ4n) is 3.75. The summed E-state index contributed by atoms with van der Waals surface area (Å²) in [5.41, 5.74) is 3.08. The Morgan fingerprint density at radius 1 is 0.962 bits per heavy atom. The second-order valence-electron chi connectivity index (χ2n) is 6.45. The number of halogens is 1. The van der Waals surface area contributed by atoms with E-state index in [1.54, 1.807) is 35.9 Å². The van der Waals surface area contributed by atoms with Gasteiger partial charge in [0.25, 0.3) is 5.56 Å². The Morgan fingerprint density at radius 2 is 1.62 bits per heavy atom. The third-order valence-electron chi connectivity index (χ3n) is 4.90. The topological polar surface area (TPSA) is 44.0 Å². The van der Waals surface area contributed by atoms with E-state index >= 15 is 0 Å². The molecule has 0 saturated carbocycles. The van der Waals surface area contributed by atoms with Gasteiger partial charge in [0, 0.05) is 35.5 Å². The highest BCUT2D eigenvalue weighted by molar-refractivity contribution is 6.30. The van der Waals surface area contributed by atoms with Gasteiger partial charge in [-0.05, 0) is 30.7 Å². The van der Waals surface area contributed by atoms with Crippen molar-refractivity contribution in [1.82, 2.24) is 9.13 Å². The summed E-state index contributed by atoms with van der Waals surface area (Å²) < 4.78 is 3.58. The molecule has 0 aliphatic heterocycles. The van der Waals surface area contributed by atoms with E-state index in [0.29, 0.717) is 21.7 Å². The van der Waals surface area contributed by atoms with Crippen molar-refractivity contribution in [2.75, 3.05) is 0 Å². The first-order valence-corrected chi connectivity index (χ1v) is 8.66. The van der Waals surface area contributed by atoms with Gasteiger partial charge in [0.15, 0.2) is 5.78 Å². The van der Waals surface area contributed by atoms with Crippen LogP contribution in [-0.4, -0.2) is 14.9 Å². The molecule has 4 nitrogen and oxygen atoms in total. The molecule has 0 bridgehead atoms. The number of nitrogens with zero attached hydrogens (tertiary/aromatic N) is 2. The molecule has 4 aromatic rings. The number of benzene rings is 2. The van der Waals surface area contributed by atoms with E-state index < -0.39 is 0 Å². The van der Waals surface area contributed by atoms with Crippen molar-refractivity contribution in [2.24, 2.45) is 14.1 Å². The Labute approximate surface area is 155 Å². The minimum Gasteiger partial charge on any atom is -0.330 e. The molecule has 0 spiro atoms. The number of hydrogen-bond donors (Lipinski definition) is 0. The maximum Gasteiger partial charge on any atom is 0.260 e. The molecule has 4 rings (SSSR count). The highest BCUT2D eigenvalue weighted by Gasteiger charge is 2.24. The van der Waals surface area contributed by atoms with Gasteiger partial charge in [0.2, 0.25) is 0 Å². The van der Waals surface area contributed by atoms with Crippen LogP contribution >= 0.6 is 11.6 Å². The molecule has 0 aliphatic rings. The number of ketones is 1. The number of Topliss-reactive ketones (excluding diaryl/α,β-unsaturated/α-hetero) is 1. The van der Waals surface area contributed by atoms with Crippen LogP contribution in [0.3, 0.4) is 0 Å². The smallest absolute Gasteiger partial charge is 0.260 e. The fraction of sp³-hybridized carbons (Fsp3) is 0.143. The summed E-state index contributed by atoms with van der Waals surface area (Å²) in [5, 5.41) is 2.35. The van der Waals surface area contributed by atoms with E-state index in [1.165, 1.54) is 6.92 Å². The molecule has 5 heteroatoms. The van der Waals surface area contributed by atoms with Crippen molar-refractivity contribution < 1.29 is 4.79 Å². The normalized spacial score (nSPS) is 11.4. The number of aryl methyl sites for hydroxylation is 2. The van der Waals surface area contributed by atoms with E-state index in [2.05, 4.69) is 0 Å². The van der Waals surface area contributed by atoms with Crippen molar-refractivity contribution in [2.45, 2.75) is 6.92 Å². The van der Waals surface area contributed by atoms with E-state index in [9.17, 15) is 9.59 Å². The largest absolute Gasteiger partial charge is 0.330 e. The molecule has 2 heterocycles. The molecule has 130 valence electrons. The molecule has 0 amide bonds. The lowest BCUT2D eigenvalue weighted by Gasteiger charge is -2.13. The SMILES string of the molecule is CC(=O)c1c(-c2ccc(Cl)cc2)c(=O)n(C)c2c1c1ccccc1n2C. The number of fused-ring (bicyclic) bond motifs is 3. The van der Waals surface area contributed by atoms with Crippen LogP contribution in [0.15, 0.2) is 53.3 Å². The highest BCUT2D eigenvalue weighted by atomic mass is 35.5. The van der Waals surface area contributed by atoms with Crippen LogP contribution in [0, 0.1) is 0 Å². The van der Waals surface area contributed by atoms with E-state index in [0.717, 1.165) is 21.9 Å². The first kappa shape index (κ1) is 16.6. The van der Waals surface area contributed by atoms with Gasteiger partial charge in [-0.1, -0.05) is 41.9 Å². The Morgan fingerprint density at radius 3 is 2.27 bits per heavy atom. The zero-order valence-corrected chi connectivity index (χ0v) is 15.5. The highest BCUT2D eigenvalue weighted by Crippen LogP contribution is 2.34. The van der Waals surface area contributed by atoms with Gasteiger partial charge in [-0.2, -0.15) is 0 Å². The second-order valence-corrected chi connectivity index (χ2v) is 6.89. The number of carbonyl (C=O) groups excluding carboxylic acids is 1. The quantitative estimate of drug-likeness (QED) is 0.490. The van der Waals surface area contributed by atoms with Crippen LogP contribution in [0.5, 0.6) is 0 Å². The van der Waals surface area contributed by atoms with Gasteiger partial charge in [-0.3, -0.25) is 14.2 Å². The maximum atomic E-state index is 13.2. The third-order valence-corrected chi connectivity index (χ3v) is 5.15. The monoisotopic (exact) mass is 364 g/mol. The lowest BCUT2D eigenvalue weighted by Crippen LogP contribution is -2.23. The zero-order chi connectivity index (χ0) is 18.6. The van der Waals surface area contributed by atoms with Crippen LogP contribution in [0.4, 0.5) is 0 Å². The lowest BCUT2D eigenvalue weighted by atomic mass is 9.95. The van der Waals surface area contributed by atoms with Gasteiger partial charge in [0.05, 0.1) is 11.1 Å². The lowest BCUT2D eigenvalue weighted by molar-refractivity contribution is 0.101. The van der Waals surface area contributed by atoms with E-state index in [-0.39, 0.29) is 11.3 Å². The summed E-state index contributed by atoms with van der Waals surface area (Å²) >= 11 is 6.00. The van der Waals surface area contributed by atoms with Crippen molar-refractivity contribution in [1.29, 1.82) is 0 Å². The first-order chi connectivity index (χ1) is 12.4. The van der Waals surface area contributed by atoms with E-state index in [4.69, 9.17) is 11.6 Å². The second kappa shape index (κ2) is 5.85. The van der Waals surface area contributed by atoms with Crippen LogP contribution in [0.25, 0.3) is 33.1 Å². The van der Waals surface area contributed by atoms with Crippen molar-refractivity contribution in [3.63, 3.8) is 0 Å². The van der Waals surface area contributed by atoms with Crippen molar-refractivity contribution >= 4 is 39.3 Å². The van der Waals surface area contributed by atoms with Gasteiger partial charge in [-0.15, -0.1) is 0 Å². The van der Waals surface area contributed by atoms with Crippen molar-refractivity contribution in [3.05, 3.63) is 69.5 Å². The minimum absolute atomic E-state index is 0.131. The molecule has 26 heavy (non-hydrogen) atoms. The number of hydrogen-bond acceptors (Lipinski definition) is 2. The van der Waals surface area contributed by atoms with Crippen LogP contribution in [0.2, 0.25) is 5.02 Å². The molecule has 0 unspecified atom stereocenters. The number of carbonyl (C=O) groups is 1. The molecule has 0 saturated heterocycles. The van der Waals surface area contributed by atoms with Crippen LogP contribution in [0.1, 0.15) is 17.3 Å². The van der Waals surface area contributed by atoms with Gasteiger partial charge in [-0.25, -0.2) is 0 Å². The zero-order valence-electron chi connectivity index (χ0n) is 14.7. The number of rotatable bonds is 2. The fourth-order valence-corrected chi connectivity index (χ4v) is 3.88. The summed E-state index contributed by atoms with van der Waals surface area (Å²) in [5.74, 6) is -0.131. The Bertz CT molecular complexity index is 1250. The molecule has 2 aromatic carbocycles. The van der Waals surface area contributed by atoms with Crippen LogP contribution in [-0.2, 0) is 14.1 Å². The predicted molar refractivity (Wildman–Crippen MR) is 106 cm³/mol. The van der Waals surface area contributed by atoms with Crippen molar-refractivity contribution in [3.8, 4) is 11.1 Å². The minimum atomic E-state index is -0.198. The average Bonchev–Trinajstić information content (AvgIpc) is 2.92. The van der Waals surface area contributed by atoms with Crippen LogP contribution < -0.4 is 5.56 Å². The number of pyridine rings is 1. The molecular weight excluding hydrogens is 348 g/mol. The van der Waals surface area contributed by atoms with Gasteiger partial charge in [0.1, 0.15) is 5.65 Å². The summed E-state index contributed by atoms with van der Waals surface area (Å²) in [6.45, 7) is 1.51. The molecule has 0 radical (unpaired) electrons. The van der Waals surface area contributed by atoms with Gasteiger partial charge < -0.3 is 4.57 Å². The number of aromatic nitrogens is 2. The molecular formula is C21H17ClN2O2. The molecule has 0 atom stereocenters. The Balaban J connectivity index is 2.30. The summed E-state index contributed by atoms with van der Waals surface area (Å²) in [6.07, 6.45) is 0. The Kier molecular flexibility index (Phi) is 3.74. The average molecular weight is 365 g/mol. The summed E-state index contributed by atoms with van der Waals surface area (Å²) in [4.78, 5) is 25.8. The molecule has 0 N–H and O–H groups in total. The molecule has 0 fully saturated rings. The first-order valence-electron chi connectivity index (χ1n) is 8.28. The maximum absolute atomic E-state index is 13.2. The van der Waals surface area contributed by atoms with Gasteiger partial charge >= 0.3 is 0 Å². The predicted octanol–water partition coefficient (Wildman–Crippen LogP) is 4.55. The molecule has 0 aliphatic carbocycles. The summed E-state index contributed by atoms with van der Waals surface area (Å²) in [7, 11) is 3.66. The standard InChI is InChI=1S/C21H17ClN2O2/c1-12(25)17-18(13-8-10-14(22)11-9-13)21(26)24(3)20-19(17)15-6-4-5-7-16(15)23(20)2/h4-11H,1-3H3. The third kappa shape index (κ3) is 2.22. The molecule has 2 aromatic heterocycles. The summed E-state index contributed by atoms with van der Waals surface area (Å²) in [6, 6.07) is 14.9. The Hall–Kier alpha value is -2.85.